The Morgan fingerprint density at radius 2 is 2.00 bits per heavy atom. The number of hydrogen-bond acceptors (Lipinski definition) is 3. The first-order valence-electron chi connectivity index (χ1n) is 7.47. The van der Waals surface area contributed by atoms with Gasteiger partial charge >= 0.3 is 0 Å². The van der Waals surface area contributed by atoms with E-state index in [4.69, 9.17) is 4.74 Å². The molecule has 2 fully saturated rings. The van der Waals surface area contributed by atoms with Gasteiger partial charge in [0.1, 0.15) is 0 Å². The lowest BCUT2D eigenvalue weighted by atomic mass is 10.1. The Bertz CT molecular complexity index is 434. The maximum atomic E-state index is 5.94. The minimum Gasteiger partial charge on any atom is -0.371 e. The van der Waals surface area contributed by atoms with Crippen molar-refractivity contribution >= 4 is 5.69 Å². The molecule has 1 N–H and O–H groups in total. The van der Waals surface area contributed by atoms with Crippen molar-refractivity contribution in [3.8, 4) is 0 Å². The third kappa shape index (κ3) is 2.77. The van der Waals surface area contributed by atoms with Crippen molar-refractivity contribution < 1.29 is 4.74 Å². The van der Waals surface area contributed by atoms with Crippen LogP contribution in [0.5, 0.6) is 0 Å². The Morgan fingerprint density at radius 1 is 1.26 bits per heavy atom. The van der Waals surface area contributed by atoms with Crippen molar-refractivity contribution in [3.63, 3.8) is 0 Å². The molecule has 104 valence electrons. The molecule has 3 rings (SSSR count). The van der Waals surface area contributed by atoms with Crippen LogP contribution < -0.4 is 10.2 Å². The van der Waals surface area contributed by atoms with Gasteiger partial charge in [-0.15, -0.1) is 0 Å². The molecule has 1 aromatic carbocycles. The maximum absolute atomic E-state index is 5.94. The molecule has 2 aliphatic rings. The van der Waals surface area contributed by atoms with Gasteiger partial charge in [-0.05, 0) is 37.9 Å². The minimum atomic E-state index is 0.451. The highest BCUT2D eigenvalue weighted by molar-refractivity contribution is 5.55. The number of nitrogens with one attached hydrogen (secondary N) is 1. The van der Waals surface area contributed by atoms with Crippen LogP contribution >= 0.6 is 0 Å². The van der Waals surface area contributed by atoms with Crippen LogP contribution in [0.3, 0.4) is 0 Å². The molecule has 3 heteroatoms. The van der Waals surface area contributed by atoms with Crippen LogP contribution in [0, 0.1) is 6.92 Å². The molecule has 2 heterocycles. The number of ether oxygens (including phenoxy) is 1. The van der Waals surface area contributed by atoms with Gasteiger partial charge in [0, 0.05) is 25.3 Å². The molecule has 0 amide bonds. The summed E-state index contributed by atoms with van der Waals surface area (Å²) in [4.78, 5) is 2.53. The van der Waals surface area contributed by atoms with Crippen LogP contribution in [-0.4, -0.2) is 31.8 Å². The molecule has 0 saturated carbocycles. The number of benzene rings is 1. The van der Waals surface area contributed by atoms with Gasteiger partial charge in [-0.1, -0.05) is 24.6 Å². The second-order valence-electron chi connectivity index (χ2n) is 5.77. The predicted molar refractivity (Wildman–Crippen MR) is 78.7 cm³/mol. The monoisotopic (exact) mass is 260 g/mol. The Morgan fingerprint density at radius 3 is 2.68 bits per heavy atom. The summed E-state index contributed by atoms with van der Waals surface area (Å²) in [7, 11) is 0. The lowest BCUT2D eigenvalue weighted by Crippen LogP contribution is -2.43. The van der Waals surface area contributed by atoms with Gasteiger partial charge in [0.15, 0.2) is 0 Å². The predicted octanol–water partition coefficient (Wildman–Crippen LogP) is 2.47. The molecule has 3 nitrogen and oxygen atoms in total. The molecular weight excluding hydrogens is 236 g/mol. The van der Waals surface area contributed by atoms with E-state index in [1.165, 1.54) is 29.7 Å². The van der Waals surface area contributed by atoms with Gasteiger partial charge in [-0.2, -0.15) is 0 Å². The summed E-state index contributed by atoms with van der Waals surface area (Å²) < 4.78 is 5.94. The van der Waals surface area contributed by atoms with Crippen LogP contribution in [0.4, 0.5) is 5.69 Å². The summed E-state index contributed by atoms with van der Waals surface area (Å²) >= 11 is 0. The van der Waals surface area contributed by atoms with Crippen molar-refractivity contribution in [2.45, 2.75) is 45.4 Å². The smallest absolute Gasteiger partial charge is 0.0755 e. The average molecular weight is 260 g/mol. The van der Waals surface area contributed by atoms with E-state index in [1.807, 2.05) is 0 Å². The quantitative estimate of drug-likeness (QED) is 0.900. The Kier molecular flexibility index (Phi) is 3.76. The average Bonchev–Trinajstić information content (AvgIpc) is 2.75. The molecule has 1 aromatic rings. The number of rotatable bonds is 4. The van der Waals surface area contributed by atoms with Crippen LogP contribution in [-0.2, 0) is 11.3 Å². The third-order valence-corrected chi connectivity index (χ3v) is 4.18. The number of aryl methyl sites for hydroxylation is 1. The fourth-order valence-corrected chi connectivity index (χ4v) is 3.24. The van der Waals surface area contributed by atoms with E-state index in [0.29, 0.717) is 12.2 Å². The van der Waals surface area contributed by atoms with E-state index in [2.05, 4.69) is 42.3 Å². The molecule has 2 bridgehead atoms. The van der Waals surface area contributed by atoms with E-state index in [0.717, 1.165) is 26.2 Å². The molecule has 0 spiro atoms. The van der Waals surface area contributed by atoms with Crippen molar-refractivity contribution in [1.82, 2.24) is 5.32 Å². The molecule has 0 aliphatic carbocycles. The van der Waals surface area contributed by atoms with Crippen molar-refractivity contribution in [1.29, 1.82) is 0 Å². The van der Waals surface area contributed by atoms with Gasteiger partial charge < -0.3 is 15.0 Å². The van der Waals surface area contributed by atoms with Gasteiger partial charge in [0.05, 0.1) is 12.2 Å². The second kappa shape index (κ2) is 5.51. The molecule has 19 heavy (non-hydrogen) atoms. The highest BCUT2D eigenvalue weighted by Gasteiger charge is 2.34. The van der Waals surface area contributed by atoms with Crippen LogP contribution in [0.25, 0.3) is 0 Å². The molecule has 0 aromatic heterocycles. The SMILES string of the molecule is CCNCc1cc(C)ccc1N1CC2CCC(C1)O2. The molecule has 2 saturated heterocycles. The first kappa shape index (κ1) is 12.9. The molecule has 0 radical (unpaired) electrons. The van der Waals surface area contributed by atoms with E-state index >= 15 is 0 Å². The lowest BCUT2D eigenvalue weighted by molar-refractivity contribution is 0.0304. The zero-order valence-corrected chi connectivity index (χ0v) is 12.0. The minimum absolute atomic E-state index is 0.451. The Labute approximate surface area is 115 Å². The van der Waals surface area contributed by atoms with Gasteiger partial charge in [0.25, 0.3) is 0 Å². The highest BCUT2D eigenvalue weighted by Crippen LogP contribution is 2.31. The van der Waals surface area contributed by atoms with Crippen LogP contribution in [0.1, 0.15) is 30.9 Å². The van der Waals surface area contributed by atoms with E-state index in [1.54, 1.807) is 0 Å². The number of nitrogens with zero attached hydrogens (tertiary/aromatic N) is 1. The van der Waals surface area contributed by atoms with Crippen LogP contribution in [0.2, 0.25) is 0 Å². The zero-order chi connectivity index (χ0) is 13.2. The Balaban J connectivity index is 1.82. The number of fused-ring (bicyclic) bond motifs is 2. The largest absolute Gasteiger partial charge is 0.371 e. The van der Waals surface area contributed by atoms with E-state index < -0.39 is 0 Å². The summed E-state index contributed by atoms with van der Waals surface area (Å²) in [5.74, 6) is 0. The highest BCUT2D eigenvalue weighted by atomic mass is 16.5. The summed E-state index contributed by atoms with van der Waals surface area (Å²) in [6.07, 6.45) is 3.37. The van der Waals surface area contributed by atoms with Crippen molar-refractivity contribution in [2.24, 2.45) is 0 Å². The molecule has 2 atom stereocenters. The Hall–Kier alpha value is -1.06. The topological polar surface area (TPSA) is 24.5 Å². The van der Waals surface area contributed by atoms with Crippen molar-refractivity contribution in [3.05, 3.63) is 29.3 Å². The summed E-state index contributed by atoms with van der Waals surface area (Å²) in [6, 6.07) is 6.82. The fourth-order valence-electron chi connectivity index (χ4n) is 3.24. The molecule has 2 aliphatic heterocycles. The zero-order valence-electron chi connectivity index (χ0n) is 12.0. The molecule has 2 unspecified atom stereocenters. The third-order valence-electron chi connectivity index (χ3n) is 4.18. The molecular formula is C16H24N2O. The number of morpholine rings is 1. The summed E-state index contributed by atoms with van der Waals surface area (Å²) in [5, 5.41) is 3.45. The lowest BCUT2D eigenvalue weighted by Gasteiger charge is -2.35. The van der Waals surface area contributed by atoms with Crippen LogP contribution in [0.15, 0.2) is 18.2 Å². The number of hydrogen-bond donors (Lipinski definition) is 1. The van der Waals surface area contributed by atoms with Gasteiger partial charge in [0.2, 0.25) is 0 Å². The van der Waals surface area contributed by atoms with E-state index in [9.17, 15) is 0 Å². The maximum Gasteiger partial charge on any atom is 0.0755 e. The first-order valence-corrected chi connectivity index (χ1v) is 7.47. The second-order valence-corrected chi connectivity index (χ2v) is 5.77. The summed E-state index contributed by atoms with van der Waals surface area (Å²) in [5.41, 5.74) is 4.16. The summed E-state index contributed by atoms with van der Waals surface area (Å²) in [6.45, 7) is 8.41. The van der Waals surface area contributed by atoms with Gasteiger partial charge in [-0.3, -0.25) is 0 Å². The fraction of sp³-hybridized carbons (Fsp3) is 0.625. The van der Waals surface area contributed by atoms with Crippen molar-refractivity contribution in [2.75, 3.05) is 24.5 Å². The standard InChI is InChI=1S/C16H24N2O/c1-3-17-9-13-8-12(2)4-7-16(13)18-10-14-5-6-15(11-18)19-14/h4,7-8,14-15,17H,3,5-6,9-11H2,1-2H3. The first-order chi connectivity index (χ1) is 9.26. The van der Waals surface area contributed by atoms with E-state index in [-0.39, 0.29) is 0 Å². The normalized spacial score (nSPS) is 25.9. The van der Waals surface area contributed by atoms with Gasteiger partial charge in [-0.25, -0.2) is 0 Å². The number of anilines is 1.